The van der Waals surface area contributed by atoms with Crippen LogP contribution in [0.25, 0.3) is 0 Å². The minimum Gasteiger partial charge on any atom is -0.493 e. The smallest absolute Gasteiger partial charge is 0.223 e. The standard InChI is InChI=1S/C24H24FNO3S/c1-28-20-14-17-11-12-26(23(27)10-9-16-6-3-4-7-19(16)25)24(22-8-5-13-30-22)18(17)15-21(20)29-2/h3-8,13-15,24H,9-12H2,1-2H3. The molecule has 0 N–H and O–H groups in total. The molecule has 0 saturated carbocycles. The third kappa shape index (κ3) is 3.92. The van der Waals surface area contributed by atoms with Crippen LogP contribution < -0.4 is 9.47 Å². The van der Waals surface area contributed by atoms with E-state index in [2.05, 4.69) is 6.07 Å². The minimum absolute atomic E-state index is 0.0251. The summed E-state index contributed by atoms with van der Waals surface area (Å²) in [4.78, 5) is 16.2. The van der Waals surface area contributed by atoms with Crippen LogP contribution in [0.1, 0.15) is 34.0 Å². The molecule has 1 aromatic heterocycles. The Morgan fingerprint density at radius 1 is 1.13 bits per heavy atom. The van der Waals surface area contributed by atoms with Gasteiger partial charge in [-0.15, -0.1) is 11.3 Å². The van der Waals surface area contributed by atoms with Crippen LogP contribution in [0.4, 0.5) is 4.39 Å². The number of amides is 1. The summed E-state index contributed by atoms with van der Waals surface area (Å²) in [5.41, 5.74) is 2.78. The van der Waals surface area contributed by atoms with E-state index < -0.39 is 0 Å². The lowest BCUT2D eigenvalue weighted by atomic mass is 9.90. The van der Waals surface area contributed by atoms with Gasteiger partial charge in [0.1, 0.15) is 5.82 Å². The summed E-state index contributed by atoms with van der Waals surface area (Å²) >= 11 is 1.63. The number of fused-ring (bicyclic) bond motifs is 1. The quantitative estimate of drug-likeness (QED) is 0.557. The van der Waals surface area contributed by atoms with E-state index in [1.807, 2.05) is 28.5 Å². The van der Waals surface area contributed by atoms with E-state index in [-0.39, 0.29) is 24.2 Å². The number of rotatable bonds is 6. The van der Waals surface area contributed by atoms with Gasteiger partial charge in [0.15, 0.2) is 11.5 Å². The van der Waals surface area contributed by atoms with E-state index in [1.165, 1.54) is 6.07 Å². The highest BCUT2D eigenvalue weighted by Crippen LogP contribution is 2.42. The molecule has 0 aliphatic carbocycles. The number of halogens is 1. The SMILES string of the molecule is COc1cc2c(cc1OC)C(c1cccs1)N(C(=O)CCc1ccccc1F)CC2. The van der Waals surface area contributed by atoms with Crippen LogP contribution >= 0.6 is 11.3 Å². The molecule has 0 saturated heterocycles. The molecule has 1 aliphatic rings. The van der Waals surface area contributed by atoms with Crippen LogP contribution in [0.5, 0.6) is 11.5 Å². The summed E-state index contributed by atoms with van der Waals surface area (Å²) < 4.78 is 25.0. The van der Waals surface area contributed by atoms with Gasteiger partial charge in [0.05, 0.1) is 20.3 Å². The van der Waals surface area contributed by atoms with Crippen molar-refractivity contribution in [3.05, 3.63) is 81.3 Å². The number of thiophene rings is 1. The van der Waals surface area contributed by atoms with Gasteiger partial charge in [-0.2, -0.15) is 0 Å². The van der Waals surface area contributed by atoms with Crippen molar-refractivity contribution >= 4 is 17.2 Å². The maximum Gasteiger partial charge on any atom is 0.223 e. The predicted octanol–water partition coefficient (Wildman–Crippen LogP) is 5.01. The molecule has 3 aromatic rings. The zero-order valence-electron chi connectivity index (χ0n) is 17.1. The number of hydrogen-bond donors (Lipinski definition) is 0. The molecule has 4 nitrogen and oxygen atoms in total. The Balaban J connectivity index is 1.65. The summed E-state index contributed by atoms with van der Waals surface area (Å²) in [6.07, 6.45) is 1.40. The van der Waals surface area contributed by atoms with Crippen molar-refractivity contribution in [3.8, 4) is 11.5 Å². The molecule has 6 heteroatoms. The third-order valence-corrected chi connectivity index (χ3v) is 6.50. The van der Waals surface area contributed by atoms with E-state index in [0.717, 1.165) is 22.4 Å². The first-order valence-electron chi connectivity index (χ1n) is 9.93. The molecule has 1 unspecified atom stereocenters. The molecule has 2 heterocycles. The molecule has 2 aromatic carbocycles. The van der Waals surface area contributed by atoms with E-state index in [1.54, 1.807) is 43.8 Å². The molecule has 0 radical (unpaired) electrons. The Kier molecular flexibility index (Phi) is 6.04. The minimum atomic E-state index is -0.263. The highest BCUT2D eigenvalue weighted by molar-refractivity contribution is 7.10. The molecule has 1 aliphatic heterocycles. The van der Waals surface area contributed by atoms with Gasteiger partial charge >= 0.3 is 0 Å². The number of ether oxygens (including phenoxy) is 2. The van der Waals surface area contributed by atoms with Crippen LogP contribution in [0.2, 0.25) is 0 Å². The van der Waals surface area contributed by atoms with Crippen LogP contribution in [0, 0.1) is 5.82 Å². The second-order valence-corrected chi connectivity index (χ2v) is 8.23. The number of nitrogens with zero attached hydrogens (tertiary/aromatic N) is 1. The van der Waals surface area contributed by atoms with Crippen molar-refractivity contribution in [2.24, 2.45) is 0 Å². The second-order valence-electron chi connectivity index (χ2n) is 7.25. The molecular weight excluding hydrogens is 401 g/mol. The first kappa shape index (κ1) is 20.4. The summed E-state index contributed by atoms with van der Waals surface area (Å²) in [6.45, 7) is 0.612. The summed E-state index contributed by atoms with van der Waals surface area (Å²) in [5, 5.41) is 2.02. The van der Waals surface area contributed by atoms with Crippen LogP contribution in [-0.4, -0.2) is 31.6 Å². The normalized spacial score (nSPS) is 15.6. The molecule has 1 atom stereocenters. The van der Waals surface area contributed by atoms with E-state index in [9.17, 15) is 9.18 Å². The fourth-order valence-corrected chi connectivity index (χ4v) is 4.91. The summed E-state index contributed by atoms with van der Waals surface area (Å²) in [7, 11) is 3.24. The lowest BCUT2D eigenvalue weighted by Crippen LogP contribution is -2.40. The number of hydrogen-bond acceptors (Lipinski definition) is 4. The molecule has 156 valence electrons. The number of carbonyl (C=O) groups is 1. The maximum atomic E-state index is 14.0. The fourth-order valence-electron chi connectivity index (χ4n) is 4.05. The topological polar surface area (TPSA) is 38.8 Å². The van der Waals surface area contributed by atoms with Gasteiger partial charge in [0.25, 0.3) is 0 Å². The molecule has 0 bridgehead atoms. The average Bonchev–Trinajstić information content (AvgIpc) is 3.31. The number of carbonyl (C=O) groups excluding carboxylic acids is 1. The van der Waals surface area contributed by atoms with Crippen molar-refractivity contribution in [1.29, 1.82) is 0 Å². The Morgan fingerprint density at radius 2 is 1.90 bits per heavy atom. The zero-order valence-corrected chi connectivity index (χ0v) is 17.9. The van der Waals surface area contributed by atoms with Gasteiger partial charge in [-0.05, 0) is 59.2 Å². The van der Waals surface area contributed by atoms with Gasteiger partial charge in [-0.25, -0.2) is 4.39 Å². The van der Waals surface area contributed by atoms with Gasteiger partial charge < -0.3 is 14.4 Å². The van der Waals surface area contributed by atoms with Crippen LogP contribution in [0.15, 0.2) is 53.9 Å². The van der Waals surface area contributed by atoms with Gasteiger partial charge in [0.2, 0.25) is 5.91 Å². The van der Waals surface area contributed by atoms with Crippen molar-refractivity contribution < 1.29 is 18.7 Å². The van der Waals surface area contributed by atoms with Crippen LogP contribution in [-0.2, 0) is 17.6 Å². The van der Waals surface area contributed by atoms with E-state index >= 15 is 0 Å². The Labute approximate surface area is 179 Å². The third-order valence-electron chi connectivity index (χ3n) is 5.57. The predicted molar refractivity (Wildman–Crippen MR) is 116 cm³/mol. The molecule has 1 amide bonds. The van der Waals surface area contributed by atoms with Crippen molar-refractivity contribution in [1.82, 2.24) is 4.90 Å². The Bertz CT molecular complexity index is 1030. The Morgan fingerprint density at radius 3 is 2.60 bits per heavy atom. The number of aryl methyl sites for hydroxylation is 1. The monoisotopic (exact) mass is 425 g/mol. The fraction of sp³-hybridized carbons (Fsp3) is 0.292. The van der Waals surface area contributed by atoms with Gasteiger partial charge in [0, 0.05) is 17.8 Å². The highest BCUT2D eigenvalue weighted by atomic mass is 32.1. The first-order chi connectivity index (χ1) is 14.6. The van der Waals surface area contributed by atoms with Gasteiger partial charge in [-0.3, -0.25) is 4.79 Å². The molecule has 0 spiro atoms. The van der Waals surface area contributed by atoms with Crippen LogP contribution in [0.3, 0.4) is 0 Å². The van der Waals surface area contributed by atoms with Crippen molar-refractivity contribution in [3.63, 3.8) is 0 Å². The van der Waals surface area contributed by atoms with E-state index in [0.29, 0.717) is 30.0 Å². The highest BCUT2D eigenvalue weighted by Gasteiger charge is 2.33. The van der Waals surface area contributed by atoms with E-state index in [4.69, 9.17) is 9.47 Å². The number of methoxy groups -OCH3 is 2. The molecule has 0 fully saturated rings. The van der Waals surface area contributed by atoms with Crippen molar-refractivity contribution in [2.45, 2.75) is 25.3 Å². The lowest BCUT2D eigenvalue weighted by molar-refractivity contribution is -0.133. The first-order valence-corrected chi connectivity index (χ1v) is 10.8. The largest absolute Gasteiger partial charge is 0.493 e. The number of benzene rings is 2. The molecule has 30 heavy (non-hydrogen) atoms. The average molecular weight is 426 g/mol. The summed E-state index contributed by atoms with van der Waals surface area (Å²) in [5.74, 6) is 1.11. The molecular formula is C24H24FNO3S. The maximum absolute atomic E-state index is 14.0. The van der Waals surface area contributed by atoms with Crippen molar-refractivity contribution in [2.75, 3.05) is 20.8 Å². The summed E-state index contributed by atoms with van der Waals surface area (Å²) in [6, 6.07) is 14.5. The molecule has 4 rings (SSSR count). The lowest BCUT2D eigenvalue weighted by Gasteiger charge is -2.37. The Hall–Kier alpha value is -2.86. The van der Waals surface area contributed by atoms with Gasteiger partial charge in [-0.1, -0.05) is 24.3 Å². The second kappa shape index (κ2) is 8.88. The zero-order chi connectivity index (χ0) is 21.1.